The zero-order chi connectivity index (χ0) is 12.5. The van der Waals surface area contributed by atoms with Crippen LogP contribution in [-0.2, 0) is 11.5 Å². The average molecular weight is 298 g/mol. The summed E-state index contributed by atoms with van der Waals surface area (Å²) in [6, 6.07) is 2.22. The lowest BCUT2D eigenvalue weighted by molar-refractivity contribution is -0.388. The van der Waals surface area contributed by atoms with Crippen LogP contribution in [0.5, 0.6) is 0 Å². The molecular formula is C9H7BrF3NO2. The van der Waals surface area contributed by atoms with Gasteiger partial charge in [0.15, 0.2) is 0 Å². The molecule has 7 heteroatoms. The second kappa shape index (κ2) is 4.40. The Hall–Kier alpha value is -1.11. The van der Waals surface area contributed by atoms with Crippen molar-refractivity contribution >= 4 is 21.6 Å². The summed E-state index contributed by atoms with van der Waals surface area (Å²) in [7, 11) is 0. The summed E-state index contributed by atoms with van der Waals surface area (Å²) >= 11 is 3.05. The molecule has 1 rings (SSSR count). The molecule has 1 aromatic carbocycles. The van der Waals surface area contributed by atoms with E-state index >= 15 is 0 Å². The van der Waals surface area contributed by atoms with E-state index in [9.17, 15) is 23.3 Å². The summed E-state index contributed by atoms with van der Waals surface area (Å²) in [6.45, 7) is 1.21. The van der Waals surface area contributed by atoms with Crippen molar-refractivity contribution in [3.8, 4) is 0 Å². The van der Waals surface area contributed by atoms with Gasteiger partial charge in [0.05, 0.1) is 4.92 Å². The van der Waals surface area contributed by atoms with Crippen LogP contribution in [-0.4, -0.2) is 4.92 Å². The van der Waals surface area contributed by atoms with Gasteiger partial charge in [-0.3, -0.25) is 10.1 Å². The Bertz CT molecular complexity index is 431. The molecule has 0 atom stereocenters. The molecule has 0 radical (unpaired) electrons. The number of rotatable bonds is 2. The van der Waals surface area contributed by atoms with E-state index in [-0.39, 0.29) is 10.9 Å². The molecule has 0 unspecified atom stereocenters. The third-order valence-electron chi connectivity index (χ3n) is 2.01. The van der Waals surface area contributed by atoms with Crippen molar-refractivity contribution in [3.63, 3.8) is 0 Å². The number of halogens is 4. The number of aryl methyl sites for hydroxylation is 1. The summed E-state index contributed by atoms with van der Waals surface area (Å²) in [4.78, 5) is 9.57. The molecular weight excluding hydrogens is 291 g/mol. The molecule has 0 aliphatic heterocycles. The highest BCUT2D eigenvalue weighted by atomic mass is 79.9. The highest BCUT2D eigenvalue weighted by Gasteiger charge is 2.40. The second-order valence-corrected chi connectivity index (χ2v) is 3.76. The highest BCUT2D eigenvalue weighted by molar-refractivity contribution is 9.08. The zero-order valence-electron chi connectivity index (χ0n) is 8.14. The van der Waals surface area contributed by atoms with Crippen molar-refractivity contribution in [1.29, 1.82) is 0 Å². The molecule has 0 aromatic heterocycles. The molecule has 0 aliphatic rings. The van der Waals surface area contributed by atoms with E-state index in [0.29, 0.717) is 5.56 Å². The molecule has 0 saturated carbocycles. The first-order chi connectivity index (χ1) is 7.27. The summed E-state index contributed by atoms with van der Waals surface area (Å²) < 4.78 is 37.8. The minimum atomic E-state index is -4.71. The van der Waals surface area contributed by atoms with Crippen molar-refractivity contribution in [2.45, 2.75) is 18.4 Å². The SMILES string of the molecule is Cc1cc(CBr)cc([N+](=O)[O-])c1C(F)(F)F. The molecule has 0 amide bonds. The largest absolute Gasteiger partial charge is 0.423 e. The number of benzene rings is 1. The molecule has 0 heterocycles. The predicted octanol–water partition coefficient (Wildman–Crippen LogP) is 3.82. The van der Waals surface area contributed by atoms with Crippen LogP contribution in [0.2, 0.25) is 0 Å². The van der Waals surface area contributed by atoms with E-state index in [0.717, 1.165) is 6.07 Å². The standard InChI is InChI=1S/C9H7BrF3NO2/c1-5-2-6(4-10)3-7(14(15)16)8(5)9(11,12)13/h2-3H,4H2,1H3. The van der Waals surface area contributed by atoms with Crippen molar-refractivity contribution in [2.24, 2.45) is 0 Å². The van der Waals surface area contributed by atoms with Crippen LogP contribution in [0.3, 0.4) is 0 Å². The van der Waals surface area contributed by atoms with Crippen LogP contribution < -0.4 is 0 Å². The normalized spacial score (nSPS) is 11.6. The molecule has 1 aromatic rings. The van der Waals surface area contributed by atoms with E-state index in [2.05, 4.69) is 15.9 Å². The smallest absolute Gasteiger partial charge is 0.258 e. The lowest BCUT2D eigenvalue weighted by Gasteiger charge is -2.11. The van der Waals surface area contributed by atoms with Crippen LogP contribution in [0.4, 0.5) is 18.9 Å². The first kappa shape index (κ1) is 13.0. The van der Waals surface area contributed by atoms with Crippen molar-refractivity contribution in [3.05, 3.63) is 38.9 Å². The minimum absolute atomic E-state index is 0.142. The summed E-state index contributed by atoms with van der Waals surface area (Å²) in [5, 5.41) is 10.8. The Labute approximate surface area is 97.5 Å². The van der Waals surface area contributed by atoms with Crippen LogP contribution in [0, 0.1) is 17.0 Å². The lowest BCUT2D eigenvalue weighted by atomic mass is 10.0. The topological polar surface area (TPSA) is 43.1 Å². The minimum Gasteiger partial charge on any atom is -0.258 e. The van der Waals surface area contributed by atoms with Crippen molar-refractivity contribution in [1.82, 2.24) is 0 Å². The second-order valence-electron chi connectivity index (χ2n) is 3.20. The van der Waals surface area contributed by atoms with Crippen LogP contribution in [0.25, 0.3) is 0 Å². The number of hydrogen-bond donors (Lipinski definition) is 0. The Morgan fingerprint density at radius 2 is 2.00 bits per heavy atom. The zero-order valence-corrected chi connectivity index (χ0v) is 9.72. The van der Waals surface area contributed by atoms with E-state index in [4.69, 9.17) is 0 Å². The van der Waals surface area contributed by atoms with Crippen LogP contribution in [0.1, 0.15) is 16.7 Å². The van der Waals surface area contributed by atoms with Gasteiger partial charge in [0.2, 0.25) is 0 Å². The summed E-state index contributed by atoms with van der Waals surface area (Å²) in [5.74, 6) is 0. The third kappa shape index (κ3) is 2.52. The van der Waals surface area contributed by atoms with Crippen molar-refractivity contribution < 1.29 is 18.1 Å². The van der Waals surface area contributed by atoms with E-state index in [1.54, 1.807) is 0 Å². The molecule has 0 spiro atoms. The fourth-order valence-corrected chi connectivity index (χ4v) is 1.76. The molecule has 0 saturated heterocycles. The van der Waals surface area contributed by atoms with Gasteiger partial charge in [-0.05, 0) is 18.1 Å². The van der Waals surface area contributed by atoms with Gasteiger partial charge in [0, 0.05) is 11.4 Å². The van der Waals surface area contributed by atoms with Gasteiger partial charge < -0.3 is 0 Å². The quantitative estimate of drug-likeness (QED) is 0.473. The van der Waals surface area contributed by atoms with Crippen molar-refractivity contribution in [2.75, 3.05) is 0 Å². The van der Waals surface area contributed by atoms with Gasteiger partial charge in [0.1, 0.15) is 5.56 Å². The predicted molar refractivity (Wildman–Crippen MR) is 55.5 cm³/mol. The van der Waals surface area contributed by atoms with Gasteiger partial charge in [-0.15, -0.1) is 0 Å². The highest BCUT2D eigenvalue weighted by Crippen LogP contribution is 2.39. The molecule has 0 N–H and O–H groups in total. The summed E-state index contributed by atoms with van der Waals surface area (Å²) in [5.41, 5.74) is -1.78. The molecule has 88 valence electrons. The Balaban J connectivity index is 3.53. The first-order valence-electron chi connectivity index (χ1n) is 4.18. The van der Waals surface area contributed by atoms with E-state index in [1.165, 1.54) is 13.0 Å². The molecule has 3 nitrogen and oxygen atoms in total. The fraction of sp³-hybridized carbons (Fsp3) is 0.333. The number of hydrogen-bond acceptors (Lipinski definition) is 2. The first-order valence-corrected chi connectivity index (χ1v) is 5.30. The number of nitro groups is 1. The average Bonchev–Trinajstić information content (AvgIpc) is 2.14. The van der Waals surface area contributed by atoms with Gasteiger partial charge in [-0.25, -0.2) is 0 Å². The molecule has 16 heavy (non-hydrogen) atoms. The monoisotopic (exact) mass is 297 g/mol. The molecule has 0 aliphatic carbocycles. The summed E-state index contributed by atoms with van der Waals surface area (Å²) in [6.07, 6.45) is -4.71. The lowest BCUT2D eigenvalue weighted by Crippen LogP contribution is -2.11. The van der Waals surface area contributed by atoms with E-state index in [1.807, 2.05) is 0 Å². The fourth-order valence-electron chi connectivity index (χ4n) is 1.43. The maximum Gasteiger partial charge on any atom is 0.423 e. The number of nitrogens with zero attached hydrogens (tertiary/aromatic N) is 1. The number of nitro benzene ring substituents is 1. The maximum absolute atomic E-state index is 12.6. The van der Waals surface area contributed by atoms with Gasteiger partial charge >= 0.3 is 6.18 Å². The third-order valence-corrected chi connectivity index (χ3v) is 2.66. The molecule has 0 fully saturated rings. The Kier molecular flexibility index (Phi) is 3.57. The molecule has 0 bridgehead atoms. The Morgan fingerprint density at radius 1 is 1.44 bits per heavy atom. The Morgan fingerprint density at radius 3 is 2.38 bits per heavy atom. The van der Waals surface area contributed by atoms with Crippen LogP contribution >= 0.6 is 15.9 Å². The van der Waals surface area contributed by atoms with Gasteiger partial charge in [-0.1, -0.05) is 22.0 Å². The van der Waals surface area contributed by atoms with Gasteiger partial charge in [-0.2, -0.15) is 13.2 Å². The van der Waals surface area contributed by atoms with E-state index < -0.39 is 22.4 Å². The van der Waals surface area contributed by atoms with Gasteiger partial charge in [0.25, 0.3) is 5.69 Å². The van der Waals surface area contributed by atoms with Crippen LogP contribution in [0.15, 0.2) is 12.1 Å². The maximum atomic E-state index is 12.6. The number of alkyl halides is 4.